The molecule has 1 aliphatic rings. The third kappa shape index (κ3) is 5.14. The summed E-state index contributed by atoms with van der Waals surface area (Å²) in [6.07, 6.45) is 0.315. The number of carbonyl (C=O) groups is 1. The van der Waals surface area contributed by atoms with Gasteiger partial charge in [-0.1, -0.05) is 0 Å². The molecule has 0 spiro atoms. The molecule has 1 fully saturated rings. The Morgan fingerprint density at radius 1 is 1.56 bits per heavy atom. The molecule has 1 saturated heterocycles. The lowest BCUT2D eigenvalue weighted by Gasteiger charge is -2.26. The van der Waals surface area contributed by atoms with Crippen molar-refractivity contribution in [1.29, 1.82) is 0 Å². The molecule has 1 rings (SSSR count). The number of aliphatic hydroxyl groups excluding tert-OH is 1. The van der Waals surface area contributed by atoms with Crippen molar-refractivity contribution >= 4 is 17.7 Å². The lowest BCUT2D eigenvalue weighted by molar-refractivity contribution is -0.129. The zero-order valence-corrected chi connectivity index (χ0v) is 12.3. The second-order valence-electron chi connectivity index (χ2n) is 4.90. The van der Waals surface area contributed by atoms with Gasteiger partial charge in [0.15, 0.2) is 0 Å². The third-order valence-electron chi connectivity index (χ3n) is 2.95. The number of amides is 1. The zero-order chi connectivity index (χ0) is 13.5. The van der Waals surface area contributed by atoms with E-state index in [1.54, 1.807) is 18.9 Å². The molecule has 0 aromatic heterocycles. The highest BCUT2D eigenvalue weighted by Gasteiger charge is 2.33. The van der Waals surface area contributed by atoms with Crippen molar-refractivity contribution in [3.05, 3.63) is 0 Å². The van der Waals surface area contributed by atoms with Gasteiger partial charge < -0.3 is 19.6 Å². The molecule has 0 aliphatic carbocycles. The number of aliphatic hydroxyl groups is 1. The normalized spacial score (nSPS) is 23.9. The van der Waals surface area contributed by atoms with Gasteiger partial charge in [0, 0.05) is 32.0 Å². The highest BCUT2D eigenvalue weighted by molar-refractivity contribution is 7.99. The number of thioether (sulfide) groups is 1. The summed E-state index contributed by atoms with van der Waals surface area (Å²) >= 11 is 1.58. The number of likely N-dealkylation sites (N-methyl/N-ethyl adjacent to an activating group) is 1. The maximum atomic E-state index is 12.1. The molecule has 5 nitrogen and oxygen atoms in total. The fraction of sp³-hybridized carbons (Fsp3) is 0.917. The number of rotatable bonds is 7. The van der Waals surface area contributed by atoms with E-state index < -0.39 is 0 Å². The van der Waals surface area contributed by atoms with E-state index in [9.17, 15) is 9.90 Å². The Bertz CT molecular complexity index is 264. The summed E-state index contributed by atoms with van der Waals surface area (Å²) in [5, 5.41) is 9.70. The van der Waals surface area contributed by atoms with E-state index in [-0.39, 0.29) is 18.1 Å². The summed E-state index contributed by atoms with van der Waals surface area (Å²) in [4.78, 5) is 16.0. The minimum atomic E-state index is -0.372. The number of methoxy groups -OCH3 is 1. The molecule has 18 heavy (non-hydrogen) atoms. The van der Waals surface area contributed by atoms with E-state index in [1.807, 2.05) is 19.0 Å². The van der Waals surface area contributed by atoms with E-state index in [4.69, 9.17) is 4.74 Å². The van der Waals surface area contributed by atoms with Gasteiger partial charge in [0.1, 0.15) is 0 Å². The van der Waals surface area contributed by atoms with E-state index in [0.717, 1.165) is 12.3 Å². The van der Waals surface area contributed by atoms with Crippen molar-refractivity contribution in [2.24, 2.45) is 0 Å². The summed E-state index contributed by atoms with van der Waals surface area (Å²) in [7, 11) is 5.63. The molecule has 0 bridgehead atoms. The SMILES string of the molecule is COCCSCC(=O)N1CC(O)CC1CN(C)C. The summed E-state index contributed by atoms with van der Waals surface area (Å²) in [6, 6.07) is 0.144. The highest BCUT2D eigenvalue weighted by Crippen LogP contribution is 2.19. The smallest absolute Gasteiger partial charge is 0.232 e. The van der Waals surface area contributed by atoms with Gasteiger partial charge in [0.2, 0.25) is 5.91 Å². The first-order valence-electron chi connectivity index (χ1n) is 6.23. The van der Waals surface area contributed by atoms with E-state index in [2.05, 4.69) is 4.90 Å². The van der Waals surface area contributed by atoms with Gasteiger partial charge in [0.05, 0.1) is 18.5 Å². The van der Waals surface area contributed by atoms with Crippen LogP contribution in [0.2, 0.25) is 0 Å². The largest absolute Gasteiger partial charge is 0.391 e. The minimum Gasteiger partial charge on any atom is -0.391 e. The first-order valence-corrected chi connectivity index (χ1v) is 7.39. The van der Waals surface area contributed by atoms with Crippen LogP contribution in [0.15, 0.2) is 0 Å². The van der Waals surface area contributed by atoms with Crippen LogP contribution < -0.4 is 0 Å². The lowest BCUT2D eigenvalue weighted by atomic mass is 10.2. The van der Waals surface area contributed by atoms with Crippen LogP contribution in [0.3, 0.4) is 0 Å². The molecule has 2 atom stereocenters. The fourth-order valence-electron chi connectivity index (χ4n) is 2.18. The zero-order valence-electron chi connectivity index (χ0n) is 11.5. The maximum absolute atomic E-state index is 12.1. The molecule has 1 aliphatic heterocycles. The fourth-order valence-corrected chi connectivity index (χ4v) is 2.95. The van der Waals surface area contributed by atoms with Gasteiger partial charge in [-0.15, -0.1) is 11.8 Å². The van der Waals surface area contributed by atoms with Crippen LogP contribution in [0.1, 0.15) is 6.42 Å². The van der Waals surface area contributed by atoms with Crippen LogP contribution in [-0.2, 0) is 9.53 Å². The van der Waals surface area contributed by atoms with Crippen molar-refractivity contribution in [2.45, 2.75) is 18.6 Å². The van der Waals surface area contributed by atoms with Crippen LogP contribution in [0.4, 0.5) is 0 Å². The van der Waals surface area contributed by atoms with Crippen molar-refractivity contribution in [3.63, 3.8) is 0 Å². The Kier molecular flexibility index (Phi) is 6.99. The third-order valence-corrected chi connectivity index (χ3v) is 3.85. The van der Waals surface area contributed by atoms with Crippen LogP contribution in [0, 0.1) is 0 Å². The van der Waals surface area contributed by atoms with Crippen LogP contribution in [-0.4, -0.2) is 85.4 Å². The molecule has 0 radical (unpaired) electrons. The Balaban J connectivity index is 2.38. The summed E-state index contributed by atoms with van der Waals surface area (Å²) in [5.74, 6) is 1.43. The quantitative estimate of drug-likeness (QED) is 0.658. The first-order chi connectivity index (χ1) is 8.54. The second kappa shape index (κ2) is 7.99. The maximum Gasteiger partial charge on any atom is 0.232 e. The first kappa shape index (κ1) is 15.8. The Morgan fingerprint density at radius 3 is 2.89 bits per heavy atom. The molecule has 1 heterocycles. The molecule has 6 heteroatoms. The van der Waals surface area contributed by atoms with Crippen molar-refractivity contribution in [3.8, 4) is 0 Å². The molecular weight excluding hydrogens is 252 g/mol. The lowest BCUT2D eigenvalue weighted by Crippen LogP contribution is -2.42. The molecule has 106 valence electrons. The number of β-amino-alcohol motifs (C(OH)–C–C–N with tert-alkyl or cyclic N) is 1. The average Bonchev–Trinajstić information content (AvgIpc) is 2.64. The molecule has 2 unspecified atom stereocenters. The number of nitrogens with zero attached hydrogens (tertiary/aromatic N) is 2. The second-order valence-corrected chi connectivity index (χ2v) is 6.00. The standard InChI is InChI=1S/C12H24N2O3S/c1-13(2)7-10-6-11(15)8-14(10)12(16)9-18-5-4-17-3/h10-11,15H,4-9H2,1-3H3. The predicted molar refractivity (Wildman–Crippen MR) is 73.9 cm³/mol. The number of carbonyl (C=O) groups excluding carboxylic acids is 1. The molecule has 0 saturated carbocycles. The molecule has 1 N–H and O–H groups in total. The predicted octanol–water partition coefficient (Wildman–Crippen LogP) is -0.111. The average molecular weight is 276 g/mol. The van der Waals surface area contributed by atoms with Gasteiger partial charge >= 0.3 is 0 Å². The molecule has 0 aromatic rings. The topological polar surface area (TPSA) is 53.0 Å². The number of hydrogen-bond acceptors (Lipinski definition) is 5. The molecule has 1 amide bonds. The van der Waals surface area contributed by atoms with Gasteiger partial charge in [0.25, 0.3) is 0 Å². The van der Waals surface area contributed by atoms with E-state index in [1.165, 1.54) is 0 Å². The molecule has 0 aromatic carbocycles. The highest BCUT2D eigenvalue weighted by atomic mass is 32.2. The van der Waals surface area contributed by atoms with Gasteiger partial charge in [-0.2, -0.15) is 0 Å². The van der Waals surface area contributed by atoms with Crippen LogP contribution in [0.25, 0.3) is 0 Å². The van der Waals surface area contributed by atoms with Crippen LogP contribution in [0.5, 0.6) is 0 Å². The number of ether oxygens (including phenoxy) is 1. The minimum absolute atomic E-state index is 0.125. The summed E-state index contributed by atoms with van der Waals surface area (Å²) in [5.41, 5.74) is 0. The Labute approximate surface area is 113 Å². The van der Waals surface area contributed by atoms with Gasteiger partial charge in [-0.3, -0.25) is 4.79 Å². The monoisotopic (exact) mass is 276 g/mol. The summed E-state index contributed by atoms with van der Waals surface area (Å²) in [6.45, 7) is 1.95. The molecular formula is C12H24N2O3S. The Morgan fingerprint density at radius 2 is 2.28 bits per heavy atom. The van der Waals surface area contributed by atoms with Crippen molar-refractivity contribution in [2.75, 3.05) is 52.4 Å². The number of hydrogen-bond donors (Lipinski definition) is 1. The number of likely N-dealkylation sites (tertiary alicyclic amines) is 1. The van der Waals surface area contributed by atoms with Crippen LogP contribution >= 0.6 is 11.8 Å². The van der Waals surface area contributed by atoms with Crippen molar-refractivity contribution < 1.29 is 14.6 Å². The van der Waals surface area contributed by atoms with Gasteiger partial charge in [-0.05, 0) is 20.5 Å². The van der Waals surface area contributed by atoms with Gasteiger partial charge in [-0.25, -0.2) is 0 Å². The summed E-state index contributed by atoms with van der Waals surface area (Å²) < 4.78 is 4.95. The Hall–Kier alpha value is -0.300. The van der Waals surface area contributed by atoms with E-state index >= 15 is 0 Å². The van der Waals surface area contributed by atoms with Crippen molar-refractivity contribution in [1.82, 2.24) is 9.80 Å². The van der Waals surface area contributed by atoms with E-state index in [0.29, 0.717) is 25.3 Å².